The van der Waals surface area contributed by atoms with E-state index in [-0.39, 0.29) is 28.5 Å². The summed E-state index contributed by atoms with van der Waals surface area (Å²) in [4.78, 5) is 29.3. The van der Waals surface area contributed by atoms with Crippen molar-refractivity contribution in [2.75, 3.05) is 10.7 Å². The molecule has 0 spiro atoms. The number of aliphatic carboxylic acids is 1. The van der Waals surface area contributed by atoms with Crippen molar-refractivity contribution < 1.29 is 19.1 Å². The molecule has 1 aliphatic heterocycles. The minimum absolute atomic E-state index is 0.0312. The van der Waals surface area contributed by atoms with E-state index in [1.807, 2.05) is 6.07 Å². The van der Waals surface area contributed by atoms with Crippen LogP contribution in [0.5, 0.6) is 0 Å². The molecule has 0 saturated carbocycles. The van der Waals surface area contributed by atoms with Crippen LogP contribution in [0.4, 0.5) is 10.1 Å². The van der Waals surface area contributed by atoms with Crippen molar-refractivity contribution in [1.82, 2.24) is 0 Å². The molecular formula is C19H14ClFN2O3S. The summed E-state index contributed by atoms with van der Waals surface area (Å²) in [6.45, 7) is 0. The molecule has 27 heavy (non-hydrogen) atoms. The van der Waals surface area contributed by atoms with E-state index in [1.165, 1.54) is 29.2 Å². The zero-order valence-corrected chi connectivity index (χ0v) is 15.5. The number of amidine groups is 1. The predicted molar refractivity (Wildman–Crippen MR) is 105 cm³/mol. The fourth-order valence-corrected chi connectivity index (χ4v) is 3.57. The summed E-state index contributed by atoms with van der Waals surface area (Å²) in [5.74, 6) is -1.68. The first-order chi connectivity index (χ1) is 13.0. The molecule has 8 heteroatoms. The Labute approximate surface area is 164 Å². The Bertz CT molecular complexity index is 927. The number of para-hydroxylation sites is 1. The maximum atomic E-state index is 14.1. The van der Waals surface area contributed by atoms with Gasteiger partial charge in [0.1, 0.15) is 11.5 Å². The smallest absolute Gasteiger partial charge is 0.304 e. The lowest BCUT2D eigenvalue weighted by molar-refractivity contribution is -0.136. The highest BCUT2D eigenvalue weighted by Crippen LogP contribution is 2.31. The Hall–Kier alpha value is -2.64. The third-order valence-corrected chi connectivity index (χ3v) is 4.94. The van der Waals surface area contributed by atoms with Gasteiger partial charge < -0.3 is 5.11 Å². The highest BCUT2D eigenvalue weighted by atomic mass is 35.5. The van der Waals surface area contributed by atoms with Crippen LogP contribution in [0.2, 0.25) is 5.02 Å². The first kappa shape index (κ1) is 19.1. The van der Waals surface area contributed by atoms with Crippen molar-refractivity contribution in [3.8, 4) is 0 Å². The van der Waals surface area contributed by atoms with Gasteiger partial charge in [0, 0.05) is 11.3 Å². The van der Waals surface area contributed by atoms with Crippen LogP contribution in [-0.4, -0.2) is 27.9 Å². The van der Waals surface area contributed by atoms with E-state index >= 15 is 0 Å². The van der Waals surface area contributed by atoms with Crippen LogP contribution in [0.15, 0.2) is 59.2 Å². The average Bonchev–Trinajstić information content (AvgIpc) is 2.94. The van der Waals surface area contributed by atoms with E-state index in [0.717, 1.165) is 11.8 Å². The second-order valence-electron chi connectivity index (χ2n) is 5.53. The van der Waals surface area contributed by atoms with Crippen LogP contribution in [-0.2, 0) is 9.59 Å². The molecule has 0 atom stereocenters. The van der Waals surface area contributed by atoms with Crippen LogP contribution in [0.25, 0.3) is 6.08 Å². The fourth-order valence-electron chi connectivity index (χ4n) is 2.41. The second kappa shape index (κ2) is 8.37. The van der Waals surface area contributed by atoms with Gasteiger partial charge in [0.2, 0.25) is 0 Å². The number of halogens is 2. The van der Waals surface area contributed by atoms with Crippen molar-refractivity contribution in [1.29, 1.82) is 0 Å². The Morgan fingerprint density at radius 3 is 2.63 bits per heavy atom. The van der Waals surface area contributed by atoms with Crippen molar-refractivity contribution in [2.45, 2.75) is 6.42 Å². The molecule has 0 bridgehead atoms. The number of nitrogens with zero attached hydrogens (tertiary/aromatic N) is 2. The molecule has 0 fully saturated rings. The Balaban J connectivity index is 1.98. The van der Waals surface area contributed by atoms with Crippen LogP contribution in [0, 0.1) is 5.82 Å². The molecule has 1 N–H and O–H groups in total. The van der Waals surface area contributed by atoms with Gasteiger partial charge in [-0.15, -0.1) is 0 Å². The van der Waals surface area contributed by atoms with Crippen molar-refractivity contribution >= 4 is 52.2 Å². The van der Waals surface area contributed by atoms with Crippen molar-refractivity contribution in [2.24, 2.45) is 4.99 Å². The quantitative estimate of drug-likeness (QED) is 0.748. The predicted octanol–water partition coefficient (Wildman–Crippen LogP) is 4.43. The maximum absolute atomic E-state index is 14.1. The molecule has 0 aliphatic carbocycles. The Morgan fingerprint density at radius 2 is 1.96 bits per heavy atom. The number of hydrogen-bond donors (Lipinski definition) is 1. The Kier molecular flexibility index (Phi) is 5.93. The van der Waals surface area contributed by atoms with Gasteiger partial charge in [-0.05, 0) is 30.3 Å². The van der Waals surface area contributed by atoms with Crippen LogP contribution in [0.1, 0.15) is 12.0 Å². The first-order valence-corrected chi connectivity index (χ1v) is 9.32. The van der Waals surface area contributed by atoms with Gasteiger partial charge in [0.15, 0.2) is 5.17 Å². The third-order valence-electron chi connectivity index (χ3n) is 3.67. The van der Waals surface area contributed by atoms with Crippen molar-refractivity contribution in [3.05, 3.63) is 70.6 Å². The number of carbonyl (C=O) groups is 2. The lowest BCUT2D eigenvalue weighted by Crippen LogP contribution is -2.30. The van der Waals surface area contributed by atoms with E-state index in [9.17, 15) is 14.0 Å². The van der Waals surface area contributed by atoms with Gasteiger partial charge in [-0.3, -0.25) is 14.5 Å². The summed E-state index contributed by atoms with van der Waals surface area (Å²) >= 11 is 7.18. The number of amides is 1. The largest absolute Gasteiger partial charge is 0.481 e. The molecule has 0 unspecified atom stereocenters. The lowest BCUT2D eigenvalue weighted by atomic mass is 10.1. The van der Waals surface area contributed by atoms with E-state index in [2.05, 4.69) is 4.99 Å². The van der Waals surface area contributed by atoms with Crippen LogP contribution < -0.4 is 4.90 Å². The number of carboxylic acid groups (broad SMARTS) is 1. The number of thioether (sulfide) groups is 1. The van der Waals surface area contributed by atoms with Gasteiger partial charge in [-0.1, -0.05) is 47.6 Å². The highest BCUT2D eigenvalue weighted by Gasteiger charge is 2.32. The van der Waals surface area contributed by atoms with Crippen molar-refractivity contribution in [3.63, 3.8) is 0 Å². The molecule has 138 valence electrons. The van der Waals surface area contributed by atoms with Gasteiger partial charge in [0.25, 0.3) is 5.91 Å². The number of benzene rings is 2. The van der Waals surface area contributed by atoms with Gasteiger partial charge in [-0.25, -0.2) is 9.38 Å². The summed E-state index contributed by atoms with van der Waals surface area (Å²) in [6.07, 6.45) is 1.24. The van der Waals surface area contributed by atoms with Gasteiger partial charge in [0.05, 0.1) is 17.1 Å². The highest BCUT2D eigenvalue weighted by molar-refractivity contribution is 8.14. The van der Waals surface area contributed by atoms with Crippen LogP contribution in [0.3, 0.4) is 0 Å². The molecule has 1 aliphatic rings. The summed E-state index contributed by atoms with van der Waals surface area (Å²) in [6, 6.07) is 13.1. The molecule has 1 heterocycles. The molecule has 1 amide bonds. The zero-order valence-electron chi connectivity index (χ0n) is 13.9. The van der Waals surface area contributed by atoms with Gasteiger partial charge >= 0.3 is 5.97 Å². The summed E-state index contributed by atoms with van der Waals surface area (Å²) in [5.41, 5.74) is 0.701. The standard InChI is InChI=1S/C19H14ClFN2O3S/c20-14-7-4-8-15(21)13(14)11-16-18(26)23(12-5-2-1-3-6-12)19(22-16)27-10-9-17(24)25/h1-8,11H,9-10H2,(H,24,25)/b16-11-. The van der Waals surface area contributed by atoms with E-state index in [0.29, 0.717) is 10.9 Å². The normalized spacial score (nSPS) is 15.3. The fraction of sp³-hybridized carbons (Fsp3) is 0.105. The second-order valence-corrected chi connectivity index (χ2v) is 7.00. The minimum Gasteiger partial charge on any atom is -0.481 e. The van der Waals surface area contributed by atoms with Crippen LogP contribution >= 0.6 is 23.4 Å². The minimum atomic E-state index is -0.937. The third kappa shape index (κ3) is 4.37. The average molecular weight is 405 g/mol. The lowest BCUT2D eigenvalue weighted by Gasteiger charge is -2.17. The number of carbonyl (C=O) groups excluding carboxylic acids is 1. The van der Waals surface area contributed by atoms with E-state index < -0.39 is 17.7 Å². The molecule has 0 radical (unpaired) electrons. The molecule has 0 saturated heterocycles. The number of anilines is 1. The maximum Gasteiger partial charge on any atom is 0.304 e. The molecular weight excluding hydrogens is 391 g/mol. The number of aliphatic imine (C=N–C) groups is 1. The van der Waals surface area contributed by atoms with Gasteiger partial charge in [-0.2, -0.15) is 0 Å². The topological polar surface area (TPSA) is 70.0 Å². The van der Waals surface area contributed by atoms with E-state index in [1.54, 1.807) is 24.3 Å². The number of rotatable bonds is 5. The summed E-state index contributed by atoms with van der Waals surface area (Å²) in [5, 5.41) is 9.34. The van der Waals surface area contributed by atoms with E-state index in [4.69, 9.17) is 16.7 Å². The summed E-state index contributed by atoms with van der Waals surface area (Å²) in [7, 11) is 0. The molecule has 2 aromatic carbocycles. The molecule has 2 aromatic rings. The molecule has 3 rings (SSSR count). The SMILES string of the molecule is O=C(O)CCSC1=N/C(=C\c2c(F)cccc2Cl)C(=O)N1c1ccccc1. The zero-order chi connectivity index (χ0) is 19.4. The monoisotopic (exact) mass is 404 g/mol. The Morgan fingerprint density at radius 1 is 1.22 bits per heavy atom. The number of hydrogen-bond acceptors (Lipinski definition) is 4. The molecule has 5 nitrogen and oxygen atoms in total. The summed E-state index contributed by atoms with van der Waals surface area (Å²) < 4.78 is 14.1. The first-order valence-electron chi connectivity index (χ1n) is 7.96. The number of carboxylic acids is 1. The molecule has 0 aromatic heterocycles.